The van der Waals surface area contributed by atoms with Crippen LogP contribution < -0.4 is 5.73 Å². The molecule has 2 heterocycles. The van der Waals surface area contributed by atoms with Crippen molar-refractivity contribution in [2.75, 3.05) is 18.8 Å². The minimum Gasteiger partial charge on any atom is -0.379 e. The van der Waals surface area contributed by atoms with E-state index in [1.165, 1.54) is 19.3 Å². The van der Waals surface area contributed by atoms with Crippen LogP contribution in [0, 0.1) is 0 Å². The van der Waals surface area contributed by atoms with Crippen LogP contribution >= 0.6 is 0 Å². The van der Waals surface area contributed by atoms with Crippen molar-refractivity contribution in [2.45, 2.75) is 25.8 Å². The number of anilines is 1. The molecule has 0 spiro atoms. The molecule has 0 atom stereocenters. The molecule has 1 aliphatic rings. The van der Waals surface area contributed by atoms with Crippen molar-refractivity contribution in [2.24, 2.45) is 0 Å². The zero-order valence-corrected chi connectivity index (χ0v) is 7.57. The summed E-state index contributed by atoms with van der Waals surface area (Å²) in [5, 5.41) is 7.30. The highest BCUT2D eigenvalue weighted by Gasteiger charge is 2.14. The smallest absolute Gasteiger partial charge is 0.192 e. The Hall–Kier alpha value is -1.10. The highest BCUT2D eigenvalue weighted by Crippen LogP contribution is 2.13. The molecule has 5 nitrogen and oxygen atoms in total. The Morgan fingerprint density at radius 3 is 2.62 bits per heavy atom. The van der Waals surface area contributed by atoms with Crippen LogP contribution in [0.1, 0.15) is 25.0 Å². The second-order valence-corrected chi connectivity index (χ2v) is 3.43. The molecular formula is C8H14N4O. The quantitative estimate of drug-likeness (QED) is 0.726. The molecule has 72 valence electrons. The molecule has 0 aromatic carbocycles. The second-order valence-electron chi connectivity index (χ2n) is 3.43. The van der Waals surface area contributed by atoms with Crippen molar-refractivity contribution in [3.63, 3.8) is 0 Å². The fourth-order valence-corrected chi connectivity index (χ4v) is 1.65. The Bertz CT molecular complexity index is 267. The van der Waals surface area contributed by atoms with Gasteiger partial charge in [-0.3, -0.25) is 4.90 Å². The molecule has 0 aliphatic carbocycles. The van der Waals surface area contributed by atoms with Gasteiger partial charge in [0.05, 0.1) is 0 Å². The average Bonchev–Trinajstić information content (AvgIpc) is 2.54. The lowest BCUT2D eigenvalue weighted by Crippen LogP contribution is -2.29. The summed E-state index contributed by atoms with van der Waals surface area (Å²) in [6.45, 7) is 3.04. The van der Waals surface area contributed by atoms with Gasteiger partial charge in [0.2, 0.25) is 0 Å². The van der Waals surface area contributed by atoms with E-state index in [4.69, 9.17) is 5.73 Å². The van der Waals surface area contributed by atoms with Gasteiger partial charge in [-0.1, -0.05) is 11.6 Å². The highest BCUT2D eigenvalue weighted by molar-refractivity contribution is 5.30. The predicted molar refractivity (Wildman–Crippen MR) is 47.8 cm³/mol. The number of aromatic nitrogens is 2. The Labute approximate surface area is 76.9 Å². The molecule has 1 aromatic heterocycles. The lowest BCUT2D eigenvalue weighted by atomic mass is 10.1. The van der Waals surface area contributed by atoms with Gasteiger partial charge < -0.3 is 5.73 Å². The highest BCUT2D eigenvalue weighted by atomic mass is 16.6. The van der Waals surface area contributed by atoms with E-state index < -0.39 is 0 Å². The van der Waals surface area contributed by atoms with Crippen LogP contribution in [0.2, 0.25) is 0 Å². The molecule has 2 N–H and O–H groups in total. The number of nitrogens with two attached hydrogens (primary N) is 1. The molecular weight excluding hydrogens is 168 g/mol. The van der Waals surface area contributed by atoms with Crippen LogP contribution in [-0.4, -0.2) is 28.3 Å². The number of hydrogen-bond donors (Lipinski definition) is 1. The normalized spacial score (nSPS) is 19.1. The van der Waals surface area contributed by atoms with E-state index in [1.54, 1.807) is 0 Å². The van der Waals surface area contributed by atoms with E-state index in [-0.39, 0.29) is 0 Å². The maximum atomic E-state index is 5.56. The standard InChI is InChI=1S/C8H14N4O/c9-8-7(10-13-11-8)6-12-4-2-1-3-5-12/h1-6H2,(H2,9,11). The van der Waals surface area contributed by atoms with Crippen LogP contribution in [-0.2, 0) is 6.54 Å². The predicted octanol–water partition coefficient (Wildman–Crippen LogP) is 0.638. The summed E-state index contributed by atoms with van der Waals surface area (Å²) < 4.78 is 4.54. The van der Waals surface area contributed by atoms with Gasteiger partial charge >= 0.3 is 0 Å². The van der Waals surface area contributed by atoms with Gasteiger partial charge in [0.1, 0.15) is 5.69 Å². The van der Waals surface area contributed by atoms with Crippen LogP contribution in [0.15, 0.2) is 4.63 Å². The fourth-order valence-electron chi connectivity index (χ4n) is 1.65. The minimum absolute atomic E-state index is 0.422. The monoisotopic (exact) mass is 182 g/mol. The van der Waals surface area contributed by atoms with Crippen LogP contribution in [0.3, 0.4) is 0 Å². The van der Waals surface area contributed by atoms with Crippen molar-refractivity contribution >= 4 is 5.82 Å². The maximum Gasteiger partial charge on any atom is 0.192 e. The molecule has 0 amide bonds. The zero-order chi connectivity index (χ0) is 9.10. The number of piperidine rings is 1. The summed E-state index contributed by atoms with van der Waals surface area (Å²) in [6, 6.07) is 0. The van der Waals surface area contributed by atoms with Crippen molar-refractivity contribution in [1.82, 2.24) is 15.2 Å². The first-order valence-corrected chi connectivity index (χ1v) is 4.65. The first kappa shape index (κ1) is 8.50. The molecule has 1 fully saturated rings. The molecule has 1 aromatic rings. The molecule has 0 bridgehead atoms. The lowest BCUT2D eigenvalue weighted by Gasteiger charge is -2.25. The number of hydrogen-bond acceptors (Lipinski definition) is 5. The SMILES string of the molecule is Nc1nonc1CN1CCCCC1. The van der Waals surface area contributed by atoms with Crippen molar-refractivity contribution in [3.05, 3.63) is 5.69 Å². The number of nitrogens with zero attached hydrogens (tertiary/aromatic N) is 3. The van der Waals surface area contributed by atoms with Gasteiger partial charge in [-0.05, 0) is 31.1 Å². The van der Waals surface area contributed by atoms with Crippen LogP contribution in [0.5, 0.6) is 0 Å². The summed E-state index contributed by atoms with van der Waals surface area (Å²) in [6.07, 6.45) is 3.87. The molecule has 2 rings (SSSR count). The van der Waals surface area contributed by atoms with Crippen LogP contribution in [0.4, 0.5) is 5.82 Å². The summed E-state index contributed by atoms with van der Waals surface area (Å²) in [7, 11) is 0. The first-order valence-electron chi connectivity index (χ1n) is 4.65. The largest absolute Gasteiger partial charge is 0.379 e. The van der Waals surface area contributed by atoms with E-state index >= 15 is 0 Å². The minimum atomic E-state index is 0.422. The lowest BCUT2D eigenvalue weighted by molar-refractivity contribution is 0.212. The van der Waals surface area contributed by atoms with E-state index in [9.17, 15) is 0 Å². The number of nitrogen functional groups attached to an aromatic ring is 1. The fraction of sp³-hybridized carbons (Fsp3) is 0.750. The van der Waals surface area contributed by atoms with Gasteiger partial charge in [-0.15, -0.1) is 0 Å². The van der Waals surface area contributed by atoms with Crippen molar-refractivity contribution in [1.29, 1.82) is 0 Å². The third-order valence-corrected chi connectivity index (χ3v) is 2.41. The van der Waals surface area contributed by atoms with E-state index in [0.717, 1.165) is 25.3 Å². The Morgan fingerprint density at radius 2 is 2.00 bits per heavy atom. The van der Waals surface area contributed by atoms with Gasteiger partial charge in [-0.25, -0.2) is 4.63 Å². The molecule has 0 radical (unpaired) electrons. The van der Waals surface area contributed by atoms with Crippen molar-refractivity contribution < 1.29 is 4.63 Å². The van der Waals surface area contributed by atoms with Gasteiger partial charge in [0, 0.05) is 6.54 Å². The maximum absolute atomic E-state index is 5.56. The topological polar surface area (TPSA) is 68.2 Å². The Kier molecular flexibility index (Phi) is 2.44. The number of likely N-dealkylation sites (tertiary alicyclic amines) is 1. The summed E-state index contributed by atoms with van der Waals surface area (Å²) >= 11 is 0. The molecule has 1 saturated heterocycles. The molecule has 0 saturated carbocycles. The van der Waals surface area contributed by atoms with Crippen LogP contribution in [0.25, 0.3) is 0 Å². The third kappa shape index (κ3) is 1.98. The summed E-state index contributed by atoms with van der Waals surface area (Å²) in [5.74, 6) is 0.422. The van der Waals surface area contributed by atoms with E-state index in [1.807, 2.05) is 0 Å². The Morgan fingerprint density at radius 1 is 1.23 bits per heavy atom. The molecule has 1 aliphatic heterocycles. The average molecular weight is 182 g/mol. The van der Waals surface area contributed by atoms with Gasteiger partial charge in [0.15, 0.2) is 5.82 Å². The summed E-state index contributed by atoms with van der Waals surface area (Å²) in [5.41, 5.74) is 6.33. The third-order valence-electron chi connectivity index (χ3n) is 2.41. The zero-order valence-electron chi connectivity index (χ0n) is 7.57. The van der Waals surface area contributed by atoms with E-state index in [0.29, 0.717) is 5.82 Å². The summed E-state index contributed by atoms with van der Waals surface area (Å²) in [4.78, 5) is 2.33. The van der Waals surface area contributed by atoms with Gasteiger partial charge in [-0.2, -0.15) is 0 Å². The number of rotatable bonds is 2. The molecule has 0 unspecified atom stereocenters. The molecule has 13 heavy (non-hydrogen) atoms. The van der Waals surface area contributed by atoms with Gasteiger partial charge in [0.25, 0.3) is 0 Å². The molecule has 5 heteroatoms. The Balaban J connectivity index is 1.93. The first-order chi connectivity index (χ1) is 6.36. The van der Waals surface area contributed by atoms with Crippen molar-refractivity contribution in [3.8, 4) is 0 Å². The van der Waals surface area contributed by atoms with E-state index in [2.05, 4.69) is 19.8 Å². The second kappa shape index (κ2) is 3.74.